The maximum Gasteiger partial charge on any atom is 0.345 e. The van der Waals surface area contributed by atoms with Gasteiger partial charge in [-0.3, -0.25) is 10.1 Å². The number of carbonyl (C=O) groups excluding carboxylic acids is 1. The largest absolute Gasteiger partial charge is 0.403 e. The zero-order valence-electron chi connectivity index (χ0n) is 17.5. The molecule has 0 saturated carbocycles. The number of hydrogen-bond donors (Lipinski definition) is 0. The summed E-state index contributed by atoms with van der Waals surface area (Å²) in [6, 6.07) is 13.6. The van der Waals surface area contributed by atoms with Gasteiger partial charge in [-0.25, -0.2) is 9.48 Å². The van der Waals surface area contributed by atoms with E-state index < -0.39 is 16.4 Å². The molecule has 30 heavy (non-hydrogen) atoms. The Labute approximate surface area is 179 Å². The first-order valence-electron chi connectivity index (χ1n) is 9.38. The Hall–Kier alpha value is -3.13. The van der Waals surface area contributed by atoms with Crippen LogP contribution in [-0.2, 0) is 5.54 Å². The summed E-state index contributed by atoms with van der Waals surface area (Å²) < 4.78 is 7.48. The van der Waals surface area contributed by atoms with Crippen molar-refractivity contribution in [1.29, 1.82) is 0 Å². The summed E-state index contributed by atoms with van der Waals surface area (Å²) in [5.41, 5.74) is 1.41. The normalized spacial score (nSPS) is 11.4. The molecule has 0 N–H and O–H groups in total. The number of ether oxygens (including phenoxy) is 1. The highest BCUT2D eigenvalue weighted by Gasteiger charge is 2.29. The molecular formula is C22H23N3O4S. The van der Waals surface area contributed by atoms with Gasteiger partial charge in [-0.1, -0.05) is 42.1 Å². The van der Waals surface area contributed by atoms with Crippen LogP contribution >= 0.6 is 11.8 Å². The van der Waals surface area contributed by atoms with E-state index in [1.54, 1.807) is 41.9 Å². The standard InChI is InChI=1S/C22H23N3O4S/c1-14-10-6-7-11-16(14)21(26)29-20-19(15(2)23-24(20)22(3,4)5)30-18-13-9-8-12-17(18)25(27)28/h6-13H,1-5H3. The van der Waals surface area contributed by atoms with Crippen LogP contribution in [-0.4, -0.2) is 20.7 Å². The van der Waals surface area contributed by atoms with Gasteiger partial charge in [0.25, 0.3) is 5.69 Å². The molecule has 8 heteroatoms. The molecule has 0 saturated heterocycles. The molecule has 156 valence electrons. The maximum absolute atomic E-state index is 12.9. The molecule has 3 rings (SSSR count). The molecule has 0 unspecified atom stereocenters. The molecule has 0 aliphatic carbocycles. The average molecular weight is 426 g/mol. The first-order valence-corrected chi connectivity index (χ1v) is 10.2. The lowest BCUT2D eigenvalue weighted by molar-refractivity contribution is -0.387. The lowest BCUT2D eigenvalue weighted by atomic mass is 10.1. The summed E-state index contributed by atoms with van der Waals surface area (Å²) in [5.74, 6) is -0.223. The third-order valence-electron chi connectivity index (χ3n) is 4.43. The highest BCUT2D eigenvalue weighted by Crippen LogP contribution is 2.43. The van der Waals surface area contributed by atoms with Crippen molar-refractivity contribution >= 4 is 23.4 Å². The van der Waals surface area contributed by atoms with Crippen LogP contribution in [0.4, 0.5) is 5.69 Å². The van der Waals surface area contributed by atoms with Crippen molar-refractivity contribution in [3.63, 3.8) is 0 Å². The van der Waals surface area contributed by atoms with E-state index in [1.807, 2.05) is 39.8 Å². The zero-order chi connectivity index (χ0) is 22.1. The zero-order valence-corrected chi connectivity index (χ0v) is 18.3. The van der Waals surface area contributed by atoms with Crippen LogP contribution in [0.3, 0.4) is 0 Å². The van der Waals surface area contributed by atoms with Crippen LogP contribution in [0.5, 0.6) is 5.88 Å². The lowest BCUT2D eigenvalue weighted by Crippen LogP contribution is -2.25. The molecule has 0 radical (unpaired) electrons. The third-order valence-corrected chi connectivity index (χ3v) is 5.67. The molecule has 0 bridgehead atoms. The molecule has 2 aromatic carbocycles. The maximum atomic E-state index is 12.9. The fraction of sp³-hybridized carbons (Fsp3) is 0.273. The van der Waals surface area contributed by atoms with Gasteiger partial charge in [-0.15, -0.1) is 0 Å². The number of hydrogen-bond acceptors (Lipinski definition) is 6. The van der Waals surface area contributed by atoms with Crippen molar-refractivity contribution in [2.24, 2.45) is 0 Å². The van der Waals surface area contributed by atoms with Crippen LogP contribution in [0.15, 0.2) is 58.3 Å². The second-order valence-electron chi connectivity index (χ2n) is 7.83. The van der Waals surface area contributed by atoms with Gasteiger partial charge in [0, 0.05) is 6.07 Å². The van der Waals surface area contributed by atoms with Crippen molar-refractivity contribution < 1.29 is 14.5 Å². The van der Waals surface area contributed by atoms with E-state index in [9.17, 15) is 14.9 Å². The molecule has 0 fully saturated rings. The number of carbonyl (C=O) groups is 1. The Kier molecular flexibility index (Phi) is 5.98. The summed E-state index contributed by atoms with van der Waals surface area (Å²) in [7, 11) is 0. The summed E-state index contributed by atoms with van der Waals surface area (Å²) >= 11 is 1.17. The molecular weight excluding hydrogens is 402 g/mol. The number of nitrogens with zero attached hydrogens (tertiary/aromatic N) is 3. The van der Waals surface area contributed by atoms with Crippen LogP contribution in [0.25, 0.3) is 0 Å². The first-order chi connectivity index (χ1) is 14.1. The van der Waals surface area contributed by atoms with Crippen molar-refractivity contribution in [1.82, 2.24) is 9.78 Å². The second kappa shape index (κ2) is 8.31. The highest BCUT2D eigenvalue weighted by atomic mass is 32.2. The summed E-state index contributed by atoms with van der Waals surface area (Å²) in [4.78, 5) is 25.0. The number of nitro groups is 1. The van der Waals surface area contributed by atoms with Gasteiger partial charge in [0.05, 0.1) is 31.5 Å². The van der Waals surface area contributed by atoms with E-state index in [2.05, 4.69) is 5.10 Å². The fourth-order valence-electron chi connectivity index (χ4n) is 2.90. The molecule has 0 aliphatic rings. The summed E-state index contributed by atoms with van der Waals surface area (Å²) in [6.07, 6.45) is 0. The predicted molar refractivity (Wildman–Crippen MR) is 115 cm³/mol. The topological polar surface area (TPSA) is 87.3 Å². The van der Waals surface area contributed by atoms with E-state index in [0.29, 0.717) is 21.0 Å². The minimum Gasteiger partial charge on any atom is -0.403 e. The fourth-order valence-corrected chi connectivity index (χ4v) is 3.92. The smallest absolute Gasteiger partial charge is 0.345 e. The Balaban J connectivity index is 2.09. The summed E-state index contributed by atoms with van der Waals surface area (Å²) in [6.45, 7) is 9.48. The van der Waals surface area contributed by atoms with Crippen LogP contribution in [0.1, 0.15) is 42.4 Å². The van der Waals surface area contributed by atoms with Crippen molar-refractivity contribution in [3.8, 4) is 5.88 Å². The molecule has 1 aromatic heterocycles. The quantitative estimate of drug-likeness (QED) is 0.303. The number of aryl methyl sites for hydroxylation is 2. The highest BCUT2D eigenvalue weighted by molar-refractivity contribution is 7.99. The van der Waals surface area contributed by atoms with Crippen LogP contribution in [0, 0.1) is 24.0 Å². The number of rotatable bonds is 5. The second-order valence-corrected chi connectivity index (χ2v) is 8.89. The summed E-state index contributed by atoms with van der Waals surface area (Å²) in [5, 5.41) is 16.0. The van der Waals surface area contributed by atoms with E-state index in [4.69, 9.17) is 4.74 Å². The van der Waals surface area contributed by atoms with E-state index >= 15 is 0 Å². The first kappa shape index (κ1) is 21.6. The molecule has 0 amide bonds. The van der Waals surface area contributed by atoms with Gasteiger partial charge >= 0.3 is 5.97 Å². The monoisotopic (exact) mass is 425 g/mol. The van der Waals surface area contributed by atoms with Crippen molar-refractivity contribution in [2.45, 2.75) is 49.9 Å². The van der Waals surface area contributed by atoms with Gasteiger partial charge in [0.15, 0.2) is 0 Å². The SMILES string of the molecule is Cc1ccccc1C(=O)Oc1c(Sc2ccccc2[N+](=O)[O-])c(C)nn1C(C)(C)C. The van der Waals surface area contributed by atoms with E-state index in [1.165, 1.54) is 17.8 Å². The van der Waals surface area contributed by atoms with E-state index in [0.717, 1.165) is 5.56 Å². The number of aromatic nitrogens is 2. The van der Waals surface area contributed by atoms with Crippen LogP contribution < -0.4 is 4.74 Å². The van der Waals surface area contributed by atoms with Gasteiger partial charge in [-0.2, -0.15) is 5.10 Å². The number of esters is 1. The van der Waals surface area contributed by atoms with Gasteiger partial charge in [0.1, 0.15) is 0 Å². The Morgan fingerprint density at radius 1 is 1.10 bits per heavy atom. The van der Waals surface area contributed by atoms with Gasteiger partial charge in [0.2, 0.25) is 5.88 Å². The lowest BCUT2D eigenvalue weighted by Gasteiger charge is -2.22. The Morgan fingerprint density at radius 2 is 1.73 bits per heavy atom. The Bertz CT molecular complexity index is 1120. The number of para-hydroxylation sites is 1. The molecule has 0 atom stereocenters. The molecule has 7 nitrogen and oxygen atoms in total. The number of nitro benzene ring substituents is 1. The predicted octanol–water partition coefficient (Wildman–Crippen LogP) is 5.53. The van der Waals surface area contributed by atoms with Crippen molar-refractivity contribution in [2.75, 3.05) is 0 Å². The average Bonchev–Trinajstić information content (AvgIpc) is 2.98. The minimum atomic E-state index is -0.497. The molecule has 3 aromatic rings. The molecule has 1 heterocycles. The van der Waals surface area contributed by atoms with E-state index in [-0.39, 0.29) is 11.6 Å². The van der Waals surface area contributed by atoms with Crippen molar-refractivity contribution in [3.05, 3.63) is 75.5 Å². The molecule has 0 spiro atoms. The minimum absolute atomic E-state index is 0.0124. The number of benzene rings is 2. The van der Waals surface area contributed by atoms with Gasteiger partial charge < -0.3 is 4.74 Å². The third kappa shape index (κ3) is 4.38. The molecule has 0 aliphatic heterocycles. The van der Waals surface area contributed by atoms with Gasteiger partial charge in [-0.05, 0) is 52.3 Å². The Morgan fingerprint density at radius 3 is 2.37 bits per heavy atom. The van der Waals surface area contributed by atoms with Crippen LogP contribution in [0.2, 0.25) is 0 Å².